The maximum absolute atomic E-state index is 10.8. The summed E-state index contributed by atoms with van der Waals surface area (Å²) in [5.74, 6) is 0. The van der Waals surface area contributed by atoms with Gasteiger partial charge in [-0.25, -0.2) is 0 Å². The van der Waals surface area contributed by atoms with Gasteiger partial charge in [-0.3, -0.25) is 0 Å². The van der Waals surface area contributed by atoms with Gasteiger partial charge in [0.2, 0.25) is 0 Å². The summed E-state index contributed by atoms with van der Waals surface area (Å²) in [6.07, 6.45) is -7.84. The van der Waals surface area contributed by atoms with Gasteiger partial charge in [-0.2, -0.15) is 0 Å². The van der Waals surface area contributed by atoms with Gasteiger partial charge in [0.05, 0.1) is 6.61 Å². The molecule has 0 bridgehead atoms. The molecule has 16 heavy (non-hydrogen) atoms. The Morgan fingerprint density at radius 2 is 1.81 bits per heavy atom. The van der Waals surface area contributed by atoms with E-state index in [0.717, 1.165) is 0 Å². The molecule has 96 valence electrons. The van der Waals surface area contributed by atoms with Gasteiger partial charge in [-0.05, 0) is 0 Å². The predicted molar refractivity (Wildman–Crippen MR) is 51.4 cm³/mol. The zero-order chi connectivity index (χ0) is 12.5. The van der Waals surface area contributed by atoms with Crippen LogP contribution in [0.15, 0.2) is 0 Å². The SMILES string of the molecule is [O-]P(O)(=S)O[C@@H]1OC(CO)C(O)C(O)C1O. The van der Waals surface area contributed by atoms with Crippen molar-refractivity contribution in [1.82, 2.24) is 0 Å². The monoisotopic (exact) mass is 275 g/mol. The molecule has 0 aromatic carbocycles. The van der Waals surface area contributed by atoms with Crippen LogP contribution in [0.25, 0.3) is 0 Å². The fourth-order valence-corrected chi connectivity index (χ4v) is 1.98. The zero-order valence-corrected chi connectivity index (χ0v) is 9.62. The zero-order valence-electron chi connectivity index (χ0n) is 7.91. The standard InChI is InChI=1S/C6H13O8PS/c7-1-2-3(8)4(9)5(10)6(13-2)14-15(11,12)16/h2-10H,1H2,(H2,11,12,16)/p-1/t2?,3?,4?,5?,6-/m0/s1. The van der Waals surface area contributed by atoms with Crippen molar-refractivity contribution in [3.8, 4) is 0 Å². The minimum Gasteiger partial charge on any atom is -0.780 e. The van der Waals surface area contributed by atoms with Crippen LogP contribution in [0.1, 0.15) is 0 Å². The minimum atomic E-state index is -4.33. The molecule has 1 rings (SSSR count). The molecule has 8 nitrogen and oxygen atoms in total. The molecule has 1 saturated heterocycles. The third-order valence-electron chi connectivity index (χ3n) is 2.09. The second kappa shape index (κ2) is 5.32. The molecule has 1 aliphatic rings. The molecule has 1 aliphatic heterocycles. The first-order valence-corrected chi connectivity index (χ1v) is 6.88. The van der Waals surface area contributed by atoms with Gasteiger partial charge in [0.15, 0.2) is 6.29 Å². The molecule has 5 N–H and O–H groups in total. The summed E-state index contributed by atoms with van der Waals surface area (Å²) >= 11 is 4.05. The third-order valence-corrected chi connectivity index (χ3v) is 2.82. The first kappa shape index (κ1) is 14.4. The number of aliphatic hydroxyl groups excluding tert-OH is 4. The van der Waals surface area contributed by atoms with Crippen molar-refractivity contribution in [2.75, 3.05) is 6.61 Å². The number of hydrogen-bond acceptors (Lipinski definition) is 8. The van der Waals surface area contributed by atoms with E-state index in [1.807, 2.05) is 0 Å². The Labute approximate surface area is 95.9 Å². The Morgan fingerprint density at radius 3 is 2.25 bits per heavy atom. The first-order valence-electron chi connectivity index (χ1n) is 4.29. The summed E-state index contributed by atoms with van der Waals surface area (Å²) in [4.78, 5) is 19.5. The average Bonchev–Trinajstić information content (AvgIpc) is 2.17. The molecule has 0 amide bonds. The first-order chi connectivity index (χ1) is 7.26. The number of rotatable bonds is 3. The van der Waals surface area contributed by atoms with Crippen LogP contribution in [0.4, 0.5) is 0 Å². The Balaban J connectivity index is 2.75. The molecule has 5 unspecified atom stereocenters. The van der Waals surface area contributed by atoms with Crippen LogP contribution in [0, 0.1) is 0 Å². The normalized spacial score (nSPS) is 44.0. The summed E-state index contributed by atoms with van der Waals surface area (Å²) < 4.78 is 9.09. The Morgan fingerprint density at radius 1 is 1.25 bits per heavy atom. The summed E-state index contributed by atoms with van der Waals surface area (Å²) in [5.41, 5.74) is 0. The van der Waals surface area contributed by atoms with Crippen LogP contribution < -0.4 is 4.89 Å². The molecule has 0 aromatic rings. The van der Waals surface area contributed by atoms with Gasteiger partial charge < -0.3 is 39.5 Å². The number of hydrogen-bond donors (Lipinski definition) is 5. The molecule has 0 radical (unpaired) electrons. The van der Waals surface area contributed by atoms with Crippen molar-refractivity contribution >= 4 is 18.5 Å². The highest BCUT2D eigenvalue weighted by molar-refractivity contribution is 8.06. The second-order valence-electron chi connectivity index (χ2n) is 3.27. The lowest BCUT2D eigenvalue weighted by Crippen LogP contribution is -2.59. The van der Waals surface area contributed by atoms with E-state index < -0.39 is 44.0 Å². The Kier molecular flexibility index (Phi) is 4.78. The summed E-state index contributed by atoms with van der Waals surface area (Å²) in [6.45, 7) is -4.99. The Hall–Kier alpha value is 0.330. The smallest absolute Gasteiger partial charge is 0.192 e. The van der Waals surface area contributed by atoms with E-state index in [4.69, 9.17) is 14.7 Å². The molecule has 0 saturated carbocycles. The molecule has 0 aromatic heterocycles. The fraction of sp³-hybridized carbons (Fsp3) is 1.00. The van der Waals surface area contributed by atoms with E-state index in [-0.39, 0.29) is 0 Å². The fourth-order valence-electron chi connectivity index (χ4n) is 1.29. The van der Waals surface area contributed by atoms with Crippen LogP contribution in [0.3, 0.4) is 0 Å². The van der Waals surface area contributed by atoms with Gasteiger partial charge in [0, 0.05) is 0 Å². The van der Waals surface area contributed by atoms with E-state index in [1.165, 1.54) is 0 Å². The lowest BCUT2D eigenvalue weighted by molar-refractivity contribution is -0.296. The van der Waals surface area contributed by atoms with Crippen LogP contribution in [-0.2, 0) is 21.1 Å². The summed E-state index contributed by atoms with van der Waals surface area (Å²) in [6, 6.07) is 0. The summed E-state index contributed by atoms with van der Waals surface area (Å²) in [5, 5.41) is 36.8. The molecule has 1 heterocycles. The van der Waals surface area contributed by atoms with Crippen molar-refractivity contribution in [2.24, 2.45) is 0 Å². The highest BCUT2D eigenvalue weighted by Gasteiger charge is 2.44. The third kappa shape index (κ3) is 3.41. The largest absolute Gasteiger partial charge is 0.780 e. The van der Waals surface area contributed by atoms with Crippen molar-refractivity contribution in [3.05, 3.63) is 0 Å². The molecular weight excluding hydrogens is 263 g/mol. The minimum absolute atomic E-state index is 0.655. The van der Waals surface area contributed by atoms with Gasteiger partial charge in [-0.1, -0.05) is 11.8 Å². The number of ether oxygens (including phenoxy) is 1. The lowest BCUT2D eigenvalue weighted by atomic mass is 10.00. The van der Waals surface area contributed by atoms with Crippen molar-refractivity contribution in [2.45, 2.75) is 30.7 Å². The maximum Gasteiger partial charge on any atom is 0.192 e. The van der Waals surface area contributed by atoms with Crippen LogP contribution in [0.2, 0.25) is 0 Å². The van der Waals surface area contributed by atoms with Gasteiger partial charge in [0.25, 0.3) is 0 Å². The predicted octanol–water partition coefficient (Wildman–Crippen LogP) is -3.62. The molecule has 0 aliphatic carbocycles. The number of aliphatic hydroxyl groups is 4. The van der Waals surface area contributed by atoms with Crippen molar-refractivity contribution in [1.29, 1.82) is 0 Å². The molecule has 1 fully saturated rings. The van der Waals surface area contributed by atoms with Gasteiger partial charge in [-0.15, -0.1) is 0 Å². The highest BCUT2D eigenvalue weighted by Crippen LogP contribution is 2.36. The molecular formula is C6H12O8PS-. The van der Waals surface area contributed by atoms with E-state index in [1.54, 1.807) is 0 Å². The quantitative estimate of drug-likeness (QED) is 0.330. The topological polar surface area (TPSA) is 143 Å². The van der Waals surface area contributed by atoms with E-state index in [0.29, 0.717) is 0 Å². The second-order valence-corrected chi connectivity index (χ2v) is 5.80. The van der Waals surface area contributed by atoms with E-state index in [2.05, 4.69) is 16.3 Å². The Bertz CT molecular complexity index is 280. The highest BCUT2D eigenvalue weighted by atomic mass is 32.5. The van der Waals surface area contributed by atoms with E-state index in [9.17, 15) is 20.2 Å². The van der Waals surface area contributed by atoms with Crippen LogP contribution in [-0.4, -0.2) is 62.6 Å². The van der Waals surface area contributed by atoms with Crippen LogP contribution in [0.5, 0.6) is 0 Å². The molecule has 0 spiro atoms. The van der Waals surface area contributed by atoms with Gasteiger partial charge in [0.1, 0.15) is 31.1 Å². The summed E-state index contributed by atoms with van der Waals surface area (Å²) in [7, 11) is 0. The van der Waals surface area contributed by atoms with Gasteiger partial charge >= 0.3 is 0 Å². The van der Waals surface area contributed by atoms with Crippen molar-refractivity contribution < 1.29 is 39.5 Å². The maximum atomic E-state index is 10.8. The van der Waals surface area contributed by atoms with E-state index >= 15 is 0 Å². The average molecular weight is 275 g/mol. The van der Waals surface area contributed by atoms with Crippen molar-refractivity contribution in [3.63, 3.8) is 0 Å². The molecule has 6 atom stereocenters. The molecule has 10 heteroatoms. The van der Waals surface area contributed by atoms with Crippen LogP contribution >= 0.6 is 6.72 Å². The lowest BCUT2D eigenvalue weighted by Gasteiger charge is -2.41.